The first-order valence-corrected chi connectivity index (χ1v) is 11.6. The van der Waals surface area contributed by atoms with Gasteiger partial charge in [0.1, 0.15) is 0 Å². The first-order chi connectivity index (χ1) is 17.0. The highest BCUT2D eigenvalue weighted by Crippen LogP contribution is 2.53. The SMILES string of the molecule is O=C(COC(=O)c1ccc(N2C(=O)[C@@H]3[C@@H](C2=O)[C@H]2C=C[C@H]3C2)cc1)Nc1cccc2ccccc12. The molecule has 2 aliphatic carbocycles. The predicted octanol–water partition coefficient (Wildman–Crippen LogP) is 3.95. The smallest absolute Gasteiger partial charge is 0.338 e. The third-order valence-corrected chi connectivity index (χ3v) is 7.23. The third-order valence-electron chi connectivity index (χ3n) is 7.23. The summed E-state index contributed by atoms with van der Waals surface area (Å²) in [6.45, 7) is -0.438. The van der Waals surface area contributed by atoms with Gasteiger partial charge in [-0.25, -0.2) is 4.79 Å². The van der Waals surface area contributed by atoms with Crippen LogP contribution < -0.4 is 10.2 Å². The number of hydrogen-bond acceptors (Lipinski definition) is 5. The lowest BCUT2D eigenvalue weighted by Gasteiger charge is -2.17. The number of benzene rings is 3. The van der Waals surface area contributed by atoms with Gasteiger partial charge in [0.05, 0.1) is 23.1 Å². The van der Waals surface area contributed by atoms with Crippen LogP contribution >= 0.6 is 0 Å². The zero-order valence-corrected chi connectivity index (χ0v) is 18.7. The largest absolute Gasteiger partial charge is 0.452 e. The van der Waals surface area contributed by atoms with Gasteiger partial charge < -0.3 is 10.1 Å². The zero-order chi connectivity index (χ0) is 24.1. The number of nitrogens with one attached hydrogen (secondary N) is 1. The number of ether oxygens (including phenoxy) is 1. The Morgan fingerprint density at radius 1 is 0.857 bits per heavy atom. The lowest BCUT2D eigenvalue weighted by molar-refractivity contribution is -0.123. The number of carbonyl (C=O) groups excluding carboxylic acids is 4. The molecule has 4 atom stereocenters. The van der Waals surface area contributed by atoms with Crippen molar-refractivity contribution in [3.8, 4) is 0 Å². The van der Waals surface area contributed by atoms with Crippen LogP contribution in [0.25, 0.3) is 10.8 Å². The van der Waals surface area contributed by atoms with Gasteiger partial charge in [-0.05, 0) is 54.0 Å². The number of esters is 1. The number of carbonyl (C=O) groups is 4. The molecule has 7 heteroatoms. The van der Waals surface area contributed by atoms with E-state index >= 15 is 0 Å². The molecule has 35 heavy (non-hydrogen) atoms. The maximum Gasteiger partial charge on any atom is 0.338 e. The number of rotatable bonds is 5. The van der Waals surface area contributed by atoms with E-state index in [2.05, 4.69) is 17.5 Å². The molecule has 1 saturated carbocycles. The molecule has 1 heterocycles. The van der Waals surface area contributed by atoms with Crippen molar-refractivity contribution in [3.05, 3.63) is 84.4 Å². The minimum Gasteiger partial charge on any atom is -0.452 e. The van der Waals surface area contributed by atoms with E-state index in [0.29, 0.717) is 11.4 Å². The molecule has 1 aliphatic heterocycles. The maximum atomic E-state index is 13.0. The van der Waals surface area contributed by atoms with Crippen LogP contribution in [0.1, 0.15) is 16.8 Å². The van der Waals surface area contributed by atoms with Crippen molar-refractivity contribution in [3.63, 3.8) is 0 Å². The molecule has 7 nitrogen and oxygen atoms in total. The van der Waals surface area contributed by atoms with Crippen LogP contribution in [0, 0.1) is 23.7 Å². The summed E-state index contributed by atoms with van der Waals surface area (Å²) in [6.07, 6.45) is 4.98. The Morgan fingerprint density at radius 2 is 1.51 bits per heavy atom. The summed E-state index contributed by atoms with van der Waals surface area (Å²) in [5.41, 5.74) is 1.31. The second-order valence-electron chi connectivity index (χ2n) is 9.21. The van der Waals surface area contributed by atoms with Gasteiger partial charge in [-0.2, -0.15) is 0 Å². The number of amides is 3. The molecule has 6 rings (SSSR count). The van der Waals surface area contributed by atoms with Crippen LogP contribution in [0.5, 0.6) is 0 Å². The molecule has 3 aromatic carbocycles. The molecule has 0 radical (unpaired) electrons. The molecule has 3 amide bonds. The Morgan fingerprint density at radius 3 is 2.23 bits per heavy atom. The second kappa shape index (κ2) is 8.20. The molecule has 0 aromatic heterocycles. The van der Waals surface area contributed by atoms with Crippen molar-refractivity contribution < 1.29 is 23.9 Å². The van der Waals surface area contributed by atoms with E-state index in [-0.39, 0.29) is 41.0 Å². The molecule has 2 bridgehead atoms. The summed E-state index contributed by atoms with van der Waals surface area (Å²) in [5, 5.41) is 4.66. The minimum absolute atomic E-state index is 0.140. The van der Waals surface area contributed by atoms with Gasteiger partial charge in [-0.15, -0.1) is 0 Å². The number of hydrogen-bond donors (Lipinski definition) is 1. The predicted molar refractivity (Wildman–Crippen MR) is 130 cm³/mol. The van der Waals surface area contributed by atoms with Gasteiger partial charge in [-0.1, -0.05) is 48.6 Å². The fourth-order valence-corrected chi connectivity index (χ4v) is 5.64. The maximum absolute atomic E-state index is 13.0. The average Bonchev–Trinajstić information content (AvgIpc) is 3.56. The van der Waals surface area contributed by atoms with E-state index in [1.165, 1.54) is 17.0 Å². The minimum atomic E-state index is -0.664. The van der Waals surface area contributed by atoms with E-state index in [1.54, 1.807) is 18.2 Å². The second-order valence-corrected chi connectivity index (χ2v) is 9.21. The van der Waals surface area contributed by atoms with Crippen molar-refractivity contribution >= 4 is 45.8 Å². The van der Waals surface area contributed by atoms with E-state index in [0.717, 1.165) is 17.2 Å². The molecular weight excluding hydrogens is 444 g/mol. The van der Waals surface area contributed by atoms with Crippen LogP contribution in [0.15, 0.2) is 78.9 Å². The third kappa shape index (κ3) is 3.51. The summed E-state index contributed by atoms with van der Waals surface area (Å²) >= 11 is 0. The molecule has 3 aliphatic rings. The summed E-state index contributed by atoms with van der Waals surface area (Å²) in [7, 11) is 0. The summed E-state index contributed by atoms with van der Waals surface area (Å²) < 4.78 is 5.17. The van der Waals surface area contributed by atoms with Crippen LogP contribution in [-0.2, 0) is 19.1 Å². The standard InChI is InChI=1S/C28H22N2O5/c31-23(29-22-7-3-5-16-4-1-2-6-21(16)22)15-35-28(34)17-10-12-20(13-11-17)30-26(32)24-18-8-9-19(14-18)25(24)27(30)33/h1-13,18-19,24-25H,14-15H2,(H,29,31)/t18-,19-,24-,25-/m0/s1. The van der Waals surface area contributed by atoms with Gasteiger partial charge in [-0.3, -0.25) is 19.3 Å². The van der Waals surface area contributed by atoms with Gasteiger partial charge in [0.25, 0.3) is 5.91 Å². The molecular formula is C28H22N2O5. The fraction of sp³-hybridized carbons (Fsp3) is 0.214. The van der Waals surface area contributed by atoms with Crippen molar-refractivity contribution in [1.82, 2.24) is 0 Å². The van der Waals surface area contributed by atoms with Crippen LogP contribution in [0.4, 0.5) is 11.4 Å². The Labute approximate surface area is 201 Å². The quantitative estimate of drug-likeness (QED) is 0.349. The van der Waals surface area contributed by atoms with Crippen molar-refractivity contribution in [1.29, 1.82) is 0 Å². The molecule has 1 N–H and O–H groups in total. The Kier molecular flexibility index (Phi) is 4.99. The van der Waals surface area contributed by atoms with Crippen LogP contribution in [0.3, 0.4) is 0 Å². The van der Waals surface area contributed by atoms with Gasteiger partial charge in [0, 0.05) is 11.1 Å². The Balaban J connectivity index is 1.09. The van der Waals surface area contributed by atoms with E-state index < -0.39 is 18.5 Å². The average molecular weight is 466 g/mol. The van der Waals surface area contributed by atoms with Gasteiger partial charge in [0.15, 0.2) is 6.61 Å². The normalized spacial score (nSPS) is 24.2. The van der Waals surface area contributed by atoms with E-state index in [1.807, 2.05) is 36.4 Å². The van der Waals surface area contributed by atoms with Gasteiger partial charge in [0.2, 0.25) is 11.8 Å². The summed E-state index contributed by atoms with van der Waals surface area (Å²) in [6, 6.07) is 19.4. The molecule has 174 valence electrons. The summed E-state index contributed by atoms with van der Waals surface area (Å²) in [5.74, 6) is -1.72. The fourth-order valence-electron chi connectivity index (χ4n) is 5.64. The molecule has 3 aromatic rings. The topological polar surface area (TPSA) is 92.8 Å². The highest BCUT2D eigenvalue weighted by atomic mass is 16.5. The first-order valence-electron chi connectivity index (χ1n) is 11.6. The number of fused-ring (bicyclic) bond motifs is 6. The molecule has 1 saturated heterocycles. The monoisotopic (exact) mass is 466 g/mol. The Bertz CT molecular complexity index is 1380. The van der Waals surface area contributed by atoms with Crippen molar-refractivity contribution in [2.45, 2.75) is 6.42 Å². The zero-order valence-electron chi connectivity index (χ0n) is 18.7. The number of anilines is 2. The number of allylic oxidation sites excluding steroid dienone is 2. The molecule has 0 unspecified atom stereocenters. The highest BCUT2D eigenvalue weighted by Gasteiger charge is 2.59. The lowest BCUT2D eigenvalue weighted by atomic mass is 9.85. The highest BCUT2D eigenvalue weighted by molar-refractivity contribution is 6.22. The van der Waals surface area contributed by atoms with E-state index in [9.17, 15) is 19.2 Å². The van der Waals surface area contributed by atoms with Crippen molar-refractivity contribution in [2.24, 2.45) is 23.7 Å². The van der Waals surface area contributed by atoms with Crippen molar-refractivity contribution in [2.75, 3.05) is 16.8 Å². The van der Waals surface area contributed by atoms with Crippen LogP contribution in [-0.4, -0.2) is 30.3 Å². The Hall–Kier alpha value is -4.26. The molecule has 2 fully saturated rings. The van der Waals surface area contributed by atoms with Crippen LogP contribution in [0.2, 0.25) is 0 Å². The molecule has 0 spiro atoms. The summed E-state index contributed by atoms with van der Waals surface area (Å²) in [4.78, 5) is 52.0. The van der Waals surface area contributed by atoms with E-state index in [4.69, 9.17) is 4.74 Å². The number of imide groups is 1. The van der Waals surface area contributed by atoms with Gasteiger partial charge >= 0.3 is 5.97 Å². The lowest BCUT2D eigenvalue weighted by Crippen LogP contribution is -2.32. The first kappa shape index (κ1) is 21.3. The number of nitrogens with zero attached hydrogens (tertiary/aromatic N) is 1.